The lowest BCUT2D eigenvalue weighted by atomic mass is 9.84. The highest BCUT2D eigenvalue weighted by atomic mass is 16.3. The molecule has 10 heavy (non-hydrogen) atoms. The largest absolute Gasteiger partial charge is 0.388 e. The van der Waals surface area contributed by atoms with Gasteiger partial charge in [-0.1, -0.05) is 13.8 Å². The zero-order valence-electron chi connectivity index (χ0n) is 7.02. The van der Waals surface area contributed by atoms with Gasteiger partial charge < -0.3 is 10.4 Å². The highest BCUT2D eigenvalue weighted by molar-refractivity contribution is 4.97. The standard InChI is InChI=1S/C8H17NO/c1-6(2)8(10)4-5-9-7(8)3/h6-7,9-10H,4-5H2,1-3H3. The molecular weight excluding hydrogens is 126 g/mol. The Morgan fingerprint density at radius 2 is 2.20 bits per heavy atom. The summed E-state index contributed by atoms with van der Waals surface area (Å²) in [5.41, 5.74) is -0.458. The molecule has 0 aromatic rings. The fourth-order valence-corrected chi connectivity index (χ4v) is 1.67. The van der Waals surface area contributed by atoms with E-state index in [4.69, 9.17) is 0 Å². The molecule has 60 valence electrons. The summed E-state index contributed by atoms with van der Waals surface area (Å²) in [5, 5.41) is 13.2. The Morgan fingerprint density at radius 1 is 1.60 bits per heavy atom. The molecule has 2 heteroatoms. The summed E-state index contributed by atoms with van der Waals surface area (Å²) in [6, 6.07) is 0.257. The van der Waals surface area contributed by atoms with E-state index in [1.54, 1.807) is 0 Å². The van der Waals surface area contributed by atoms with Crippen molar-refractivity contribution in [2.24, 2.45) is 5.92 Å². The molecule has 0 radical (unpaired) electrons. The third-order valence-corrected chi connectivity index (χ3v) is 2.73. The van der Waals surface area contributed by atoms with Gasteiger partial charge in [-0.05, 0) is 25.8 Å². The SMILES string of the molecule is CC(C)C1(O)CCNC1C. The molecule has 2 unspecified atom stereocenters. The number of nitrogens with one attached hydrogen (secondary N) is 1. The van der Waals surface area contributed by atoms with Crippen LogP contribution in [-0.4, -0.2) is 23.3 Å². The number of rotatable bonds is 1. The van der Waals surface area contributed by atoms with E-state index in [1.807, 2.05) is 6.92 Å². The second-order valence-corrected chi connectivity index (χ2v) is 3.57. The molecule has 0 aliphatic carbocycles. The topological polar surface area (TPSA) is 32.3 Å². The van der Waals surface area contributed by atoms with Crippen LogP contribution in [0.25, 0.3) is 0 Å². The van der Waals surface area contributed by atoms with E-state index in [0.29, 0.717) is 5.92 Å². The van der Waals surface area contributed by atoms with E-state index >= 15 is 0 Å². The van der Waals surface area contributed by atoms with Crippen molar-refractivity contribution < 1.29 is 5.11 Å². The Hall–Kier alpha value is -0.0800. The second kappa shape index (κ2) is 2.51. The van der Waals surface area contributed by atoms with Crippen LogP contribution in [0.5, 0.6) is 0 Å². The Balaban J connectivity index is 2.66. The summed E-state index contributed by atoms with van der Waals surface area (Å²) in [4.78, 5) is 0. The van der Waals surface area contributed by atoms with Gasteiger partial charge in [-0.2, -0.15) is 0 Å². The first-order valence-corrected chi connectivity index (χ1v) is 4.03. The minimum absolute atomic E-state index is 0.257. The molecule has 0 amide bonds. The van der Waals surface area contributed by atoms with Gasteiger partial charge in [0.15, 0.2) is 0 Å². The van der Waals surface area contributed by atoms with E-state index in [0.717, 1.165) is 13.0 Å². The molecule has 1 rings (SSSR count). The Labute approximate surface area is 62.6 Å². The van der Waals surface area contributed by atoms with Crippen LogP contribution in [0.2, 0.25) is 0 Å². The normalized spacial score (nSPS) is 41.1. The first kappa shape index (κ1) is 8.02. The smallest absolute Gasteiger partial charge is 0.0832 e. The van der Waals surface area contributed by atoms with Gasteiger partial charge in [0.05, 0.1) is 5.60 Å². The van der Waals surface area contributed by atoms with Crippen molar-refractivity contribution >= 4 is 0 Å². The molecule has 0 spiro atoms. The third-order valence-electron chi connectivity index (χ3n) is 2.73. The molecule has 1 aliphatic heterocycles. The van der Waals surface area contributed by atoms with Crippen molar-refractivity contribution in [1.82, 2.24) is 5.32 Å². The van der Waals surface area contributed by atoms with Crippen molar-refractivity contribution in [3.05, 3.63) is 0 Å². The molecule has 0 aromatic carbocycles. The van der Waals surface area contributed by atoms with Gasteiger partial charge in [-0.25, -0.2) is 0 Å². The average molecular weight is 143 g/mol. The summed E-state index contributed by atoms with van der Waals surface area (Å²) < 4.78 is 0. The summed E-state index contributed by atoms with van der Waals surface area (Å²) in [6.07, 6.45) is 0.895. The third kappa shape index (κ3) is 1.06. The van der Waals surface area contributed by atoms with E-state index in [2.05, 4.69) is 19.2 Å². The molecular formula is C8H17NO. The van der Waals surface area contributed by atoms with Gasteiger partial charge in [0.2, 0.25) is 0 Å². The van der Waals surface area contributed by atoms with E-state index in [1.165, 1.54) is 0 Å². The lowest BCUT2D eigenvalue weighted by Crippen LogP contribution is -2.44. The molecule has 2 N–H and O–H groups in total. The molecule has 1 heterocycles. The van der Waals surface area contributed by atoms with E-state index in [9.17, 15) is 5.11 Å². The van der Waals surface area contributed by atoms with Crippen molar-refractivity contribution in [1.29, 1.82) is 0 Å². The predicted octanol–water partition coefficient (Wildman–Crippen LogP) is 0.755. The van der Waals surface area contributed by atoms with Gasteiger partial charge in [-0.15, -0.1) is 0 Å². The summed E-state index contributed by atoms with van der Waals surface area (Å²) in [7, 11) is 0. The Kier molecular flexibility index (Phi) is 2.02. The minimum Gasteiger partial charge on any atom is -0.388 e. The zero-order valence-corrected chi connectivity index (χ0v) is 7.02. The average Bonchev–Trinajstić information content (AvgIpc) is 2.15. The van der Waals surface area contributed by atoms with Crippen molar-refractivity contribution in [2.75, 3.05) is 6.54 Å². The highest BCUT2D eigenvalue weighted by Gasteiger charge is 2.40. The van der Waals surface area contributed by atoms with Crippen LogP contribution >= 0.6 is 0 Å². The minimum atomic E-state index is -0.458. The molecule has 0 saturated carbocycles. The molecule has 2 nitrogen and oxygen atoms in total. The summed E-state index contributed by atoms with van der Waals surface area (Å²) in [6.45, 7) is 7.15. The van der Waals surface area contributed by atoms with Crippen LogP contribution < -0.4 is 5.32 Å². The van der Waals surface area contributed by atoms with Crippen LogP contribution in [0, 0.1) is 5.92 Å². The van der Waals surface area contributed by atoms with E-state index in [-0.39, 0.29) is 6.04 Å². The fourth-order valence-electron chi connectivity index (χ4n) is 1.67. The fraction of sp³-hybridized carbons (Fsp3) is 1.00. The van der Waals surface area contributed by atoms with Gasteiger partial charge in [-0.3, -0.25) is 0 Å². The number of aliphatic hydroxyl groups is 1. The van der Waals surface area contributed by atoms with Gasteiger partial charge >= 0.3 is 0 Å². The maximum Gasteiger partial charge on any atom is 0.0832 e. The Morgan fingerprint density at radius 3 is 2.40 bits per heavy atom. The maximum absolute atomic E-state index is 9.97. The van der Waals surface area contributed by atoms with Crippen LogP contribution in [-0.2, 0) is 0 Å². The second-order valence-electron chi connectivity index (χ2n) is 3.57. The van der Waals surface area contributed by atoms with E-state index < -0.39 is 5.60 Å². The van der Waals surface area contributed by atoms with Gasteiger partial charge in [0, 0.05) is 6.04 Å². The summed E-state index contributed by atoms with van der Waals surface area (Å²) >= 11 is 0. The van der Waals surface area contributed by atoms with Crippen LogP contribution in [0.15, 0.2) is 0 Å². The lowest BCUT2D eigenvalue weighted by Gasteiger charge is -2.31. The number of hydrogen-bond acceptors (Lipinski definition) is 2. The molecule has 2 atom stereocenters. The predicted molar refractivity (Wildman–Crippen MR) is 41.9 cm³/mol. The molecule has 1 aliphatic rings. The highest BCUT2D eigenvalue weighted by Crippen LogP contribution is 2.28. The van der Waals surface area contributed by atoms with Crippen LogP contribution in [0.3, 0.4) is 0 Å². The summed E-state index contributed by atoms with van der Waals surface area (Å²) in [5.74, 6) is 0.359. The first-order chi connectivity index (χ1) is 4.57. The maximum atomic E-state index is 9.97. The molecule has 1 fully saturated rings. The van der Waals surface area contributed by atoms with Crippen LogP contribution in [0.4, 0.5) is 0 Å². The van der Waals surface area contributed by atoms with Gasteiger partial charge in [0.25, 0.3) is 0 Å². The Bertz CT molecular complexity index is 124. The number of hydrogen-bond donors (Lipinski definition) is 2. The van der Waals surface area contributed by atoms with Crippen molar-refractivity contribution in [3.8, 4) is 0 Å². The molecule has 0 bridgehead atoms. The monoisotopic (exact) mass is 143 g/mol. The van der Waals surface area contributed by atoms with Gasteiger partial charge in [0.1, 0.15) is 0 Å². The van der Waals surface area contributed by atoms with Crippen molar-refractivity contribution in [2.45, 2.75) is 38.8 Å². The van der Waals surface area contributed by atoms with Crippen LogP contribution in [0.1, 0.15) is 27.2 Å². The quantitative estimate of drug-likeness (QED) is 0.568. The lowest BCUT2D eigenvalue weighted by molar-refractivity contribution is -0.0110. The van der Waals surface area contributed by atoms with Crippen molar-refractivity contribution in [3.63, 3.8) is 0 Å². The molecule has 0 aromatic heterocycles. The zero-order chi connectivity index (χ0) is 7.78. The molecule has 1 saturated heterocycles. The first-order valence-electron chi connectivity index (χ1n) is 4.03.